The fraction of sp³-hybridized carbons (Fsp3) is 0.381. The molecule has 2 amide bonds. The summed E-state index contributed by atoms with van der Waals surface area (Å²) in [6, 6.07) is 3.83. The van der Waals surface area contributed by atoms with Crippen LogP contribution in [-0.4, -0.2) is 31.2 Å². The van der Waals surface area contributed by atoms with E-state index in [1.807, 2.05) is 6.07 Å². The normalized spacial score (nSPS) is 18.3. The van der Waals surface area contributed by atoms with Crippen molar-refractivity contribution >= 4 is 29.3 Å². The van der Waals surface area contributed by atoms with E-state index in [1.165, 1.54) is 28.0 Å². The molecule has 2 aliphatic rings. The molecule has 0 spiro atoms. The molecule has 0 radical (unpaired) electrons. The molecule has 0 bridgehead atoms. The van der Waals surface area contributed by atoms with Gasteiger partial charge in [0.2, 0.25) is 0 Å². The third-order valence-corrected chi connectivity index (χ3v) is 6.24. The molecule has 2 aromatic heterocycles. The first-order valence-corrected chi connectivity index (χ1v) is 10.7. The first kappa shape index (κ1) is 20.2. The summed E-state index contributed by atoms with van der Waals surface area (Å²) in [6.07, 6.45) is 5.67. The average molecular weight is 430 g/mol. The topological polar surface area (TPSA) is 107 Å². The lowest BCUT2D eigenvalue weighted by Gasteiger charge is -2.27. The van der Waals surface area contributed by atoms with Crippen molar-refractivity contribution in [3.8, 4) is 0 Å². The molecule has 1 aliphatic carbocycles. The Bertz CT molecular complexity index is 968. The second kappa shape index (κ2) is 8.74. The average Bonchev–Trinajstić information content (AvgIpc) is 3.41. The van der Waals surface area contributed by atoms with Gasteiger partial charge in [-0.15, -0.1) is 11.3 Å². The Balaban J connectivity index is 1.57. The molecule has 1 aliphatic heterocycles. The number of thiophene rings is 1. The summed E-state index contributed by atoms with van der Waals surface area (Å²) in [5.74, 6) is -0.723. The van der Waals surface area contributed by atoms with Gasteiger partial charge in [-0.05, 0) is 56.4 Å². The quantitative estimate of drug-likeness (QED) is 0.682. The lowest BCUT2D eigenvalue weighted by Crippen LogP contribution is -2.47. The molecule has 4 rings (SSSR count). The third-order valence-electron chi connectivity index (χ3n) is 5.02. The van der Waals surface area contributed by atoms with Crippen LogP contribution in [0, 0.1) is 0 Å². The smallest absolute Gasteiger partial charge is 0.348 e. The zero-order valence-electron chi connectivity index (χ0n) is 16.5. The Labute approximate surface area is 177 Å². The molecule has 30 heavy (non-hydrogen) atoms. The van der Waals surface area contributed by atoms with Crippen LogP contribution in [0.15, 0.2) is 40.1 Å². The van der Waals surface area contributed by atoms with Gasteiger partial charge in [0.1, 0.15) is 23.3 Å². The number of hydrogen-bond acceptors (Lipinski definition) is 7. The zero-order valence-corrected chi connectivity index (χ0v) is 17.3. The number of urea groups is 1. The molecule has 3 heterocycles. The summed E-state index contributed by atoms with van der Waals surface area (Å²) in [6.45, 7) is 1.59. The van der Waals surface area contributed by atoms with E-state index in [2.05, 4.69) is 10.6 Å². The van der Waals surface area contributed by atoms with E-state index in [-0.39, 0.29) is 24.5 Å². The lowest BCUT2D eigenvalue weighted by molar-refractivity contribution is -0.139. The number of carbonyl (C=O) groups is 3. The number of amides is 2. The molecule has 0 saturated heterocycles. The fourth-order valence-corrected chi connectivity index (χ4v) is 4.80. The number of carbonyl (C=O) groups excluding carboxylic acids is 3. The summed E-state index contributed by atoms with van der Waals surface area (Å²) < 4.78 is 16.0. The van der Waals surface area contributed by atoms with Crippen LogP contribution in [0.25, 0.3) is 0 Å². The van der Waals surface area contributed by atoms with E-state index >= 15 is 0 Å². The molecule has 0 saturated carbocycles. The van der Waals surface area contributed by atoms with Crippen molar-refractivity contribution < 1.29 is 28.3 Å². The molecule has 1 unspecified atom stereocenters. The minimum Gasteiger partial charge on any atom is -0.467 e. The van der Waals surface area contributed by atoms with E-state index in [0.717, 1.165) is 25.7 Å². The van der Waals surface area contributed by atoms with Crippen LogP contribution >= 0.6 is 11.3 Å². The van der Waals surface area contributed by atoms with Gasteiger partial charge in [-0.1, -0.05) is 0 Å². The Morgan fingerprint density at radius 2 is 2.07 bits per heavy atom. The molecular formula is C21H22N2O6S. The molecule has 9 heteroatoms. The fourth-order valence-electron chi connectivity index (χ4n) is 3.65. The number of aryl methyl sites for hydroxylation is 2. The lowest BCUT2D eigenvalue weighted by atomic mass is 9.99. The number of esters is 2. The number of hydrogen-bond donors (Lipinski definition) is 2. The van der Waals surface area contributed by atoms with Crippen LogP contribution in [0.1, 0.15) is 51.7 Å². The highest BCUT2D eigenvalue weighted by atomic mass is 32.1. The maximum absolute atomic E-state index is 12.6. The Hall–Kier alpha value is -3.07. The summed E-state index contributed by atoms with van der Waals surface area (Å²) in [5.41, 5.74) is 1.52. The maximum atomic E-state index is 12.6. The maximum Gasteiger partial charge on any atom is 0.348 e. The molecule has 158 valence electrons. The highest BCUT2D eigenvalue weighted by Gasteiger charge is 2.35. The summed E-state index contributed by atoms with van der Waals surface area (Å²) >= 11 is 1.45. The predicted octanol–water partition coefficient (Wildman–Crippen LogP) is 3.25. The van der Waals surface area contributed by atoms with E-state index in [1.54, 1.807) is 19.1 Å². The van der Waals surface area contributed by atoms with E-state index in [0.29, 0.717) is 10.6 Å². The van der Waals surface area contributed by atoms with Gasteiger partial charge in [-0.3, -0.25) is 0 Å². The van der Waals surface area contributed by atoms with Crippen LogP contribution in [0.5, 0.6) is 0 Å². The Kier molecular flexibility index (Phi) is 5.89. The summed E-state index contributed by atoms with van der Waals surface area (Å²) in [5, 5.41) is 5.22. The number of nitrogens with one attached hydrogen (secondary N) is 2. The largest absolute Gasteiger partial charge is 0.467 e. The van der Waals surface area contributed by atoms with Gasteiger partial charge in [0, 0.05) is 4.88 Å². The highest BCUT2D eigenvalue weighted by Crippen LogP contribution is 2.31. The van der Waals surface area contributed by atoms with Gasteiger partial charge >= 0.3 is 18.0 Å². The Morgan fingerprint density at radius 1 is 1.23 bits per heavy atom. The summed E-state index contributed by atoms with van der Waals surface area (Å²) in [4.78, 5) is 39.1. The van der Waals surface area contributed by atoms with Crippen molar-refractivity contribution in [2.24, 2.45) is 0 Å². The van der Waals surface area contributed by atoms with Crippen LogP contribution in [0.2, 0.25) is 0 Å². The van der Waals surface area contributed by atoms with Gasteiger partial charge in [0.15, 0.2) is 0 Å². The second-order valence-corrected chi connectivity index (χ2v) is 8.14. The monoisotopic (exact) mass is 430 g/mol. The van der Waals surface area contributed by atoms with Crippen LogP contribution < -0.4 is 10.6 Å². The second-order valence-electron chi connectivity index (χ2n) is 7.00. The molecule has 2 N–H and O–H groups in total. The first-order valence-electron chi connectivity index (χ1n) is 9.86. The number of ether oxygens (including phenoxy) is 2. The van der Waals surface area contributed by atoms with Crippen molar-refractivity contribution in [2.45, 2.75) is 38.6 Å². The minimum atomic E-state index is -0.837. The zero-order chi connectivity index (χ0) is 21.1. The van der Waals surface area contributed by atoms with Crippen LogP contribution in [0.4, 0.5) is 4.79 Å². The van der Waals surface area contributed by atoms with Crippen LogP contribution in [-0.2, 0) is 27.1 Å². The van der Waals surface area contributed by atoms with Crippen molar-refractivity contribution in [3.05, 3.63) is 56.8 Å². The van der Waals surface area contributed by atoms with Crippen molar-refractivity contribution in [3.63, 3.8) is 0 Å². The molecule has 2 aromatic rings. The Morgan fingerprint density at radius 3 is 2.80 bits per heavy atom. The number of furan rings is 1. The van der Waals surface area contributed by atoms with Crippen molar-refractivity contribution in [1.29, 1.82) is 0 Å². The standard InChI is InChI=1S/C21H22N2O6S/c1-2-27-20(25)17-13(22-21(26)23-18(17)14-7-5-9-28-14)11-29-19(24)16-10-12-6-3-4-8-15(12)30-16/h5,7,9-10,18H,2-4,6,8,11H2,1H3,(H2,22,23,26). The van der Waals surface area contributed by atoms with Gasteiger partial charge < -0.3 is 24.5 Å². The highest BCUT2D eigenvalue weighted by molar-refractivity contribution is 7.14. The van der Waals surface area contributed by atoms with Gasteiger partial charge in [-0.2, -0.15) is 0 Å². The van der Waals surface area contributed by atoms with E-state index < -0.39 is 24.0 Å². The molecule has 1 atom stereocenters. The van der Waals surface area contributed by atoms with Gasteiger partial charge in [0.25, 0.3) is 0 Å². The summed E-state index contributed by atoms with van der Waals surface area (Å²) in [7, 11) is 0. The third kappa shape index (κ3) is 4.11. The first-order chi connectivity index (χ1) is 14.6. The SMILES string of the molecule is CCOC(=O)C1=C(COC(=O)c2cc3c(s2)CCCC3)NC(=O)NC1c1ccco1. The minimum absolute atomic E-state index is 0.143. The van der Waals surface area contributed by atoms with Gasteiger partial charge in [-0.25, -0.2) is 14.4 Å². The molecule has 0 fully saturated rings. The van der Waals surface area contributed by atoms with E-state index in [4.69, 9.17) is 13.9 Å². The van der Waals surface area contributed by atoms with E-state index in [9.17, 15) is 14.4 Å². The molecule has 8 nitrogen and oxygen atoms in total. The van der Waals surface area contributed by atoms with Crippen molar-refractivity contribution in [1.82, 2.24) is 10.6 Å². The predicted molar refractivity (Wildman–Crippen MR) is 108 cm³/mol. The molecular weight excluding hydrogens is 408 g/mol. The molecule has 0 aromatic carbocycles. The van der Waals surface area contributed by atoms with Crippen molar-refractivity contribution in [2.75, 3.05) is 13.2 Å². The number of fused-ring (bicyclic) bond motifs is 1. The van der Waals surface area contributed by atoms with Gasteiger partial charge in [0.05, 0.1) is 24.1 Å². The number of rotatable bonds is 6. The van der Waals surface area contributed by atoms with Crippen LogP contribution in [0.3, 0.4) is 0 Å².